The van der Waals surface area contributed by atoms with E-state index in [-0.39, 0.29) is 18.1 Å². The summed E-state index contributed by atoms with van der Waals surface area (Å²) in [6.07, 6.45) is 0. The van der Waals surface area contributed by atoms with Crippen molar-refractivity contribution in [2.45, 2.75) is 13.5 Å². The zero-order valence-corrected chi connectivity index (χ0v) is 18.4. The standard InChI is InChI=1S/C20H19Cl2N5O4/c1-11-19(20(29)24-15-8-12(21)4-6-14(15)22)25-26-27(11)10-18(28)23-16-9-13(30-2)5-7-17(16)31-3/h4-9H,10H2,1-3H3,(H,23,28)(H,24,29). The topological polar surface area (TPSA) is 107 Å². The molecule has 0 unspecified atom stereocenters. The van der Waals surface area contributed by atoms with Gasteiger partial charge in [-0.3, -0.25) is 9.59 Å². The predicted molar refractivity (Wildman–Crippen MR) is 117 cm³/mol. The van der Waals surface area contributed by atoms with Gasteiger partial charge in [-0.15, -0.1) is 5.10 Å². The summed E-state index contributed by atoms with van der Waals surface area (Å²) < 4.78 is 11.7. The molecule has 0 aliphatic heterocycles. The quantitative estimate of drug-likeness (QED) is 0.551. The van der Waals surface area contributed by atoms with Crippen LogP contribution in [-0.4, -0.2) is 41.0 Å². The molecule has 2 amide bonds. The van der Waals surface area contributed by atoms with Crippen LogP contribution in [0, 0.1) is 6.92 Å². The third kappa shape index (κ3) is 5.25. The first-order valence-electron chi connectivity index (χ1n) is 9.00. The third-order valence-electron chi connectivity index (χ3n) is 4.35. The molecule has 0 saturated carbocycles. The van der Waals surface area contributed by atoms with E-state index >= 15 is 0 Å². The second-order valence-electron chi connectivity index (χ2n) is 6.37. The molecule has 2 N–H and O–H groups in total. The lowest BCUT2D eigenvalue weighted by Crippen LogP contribution is -2.21. The van der Waals surface area contributed by atoms with Crippen molar-refractivity contribution in [1.29, 1.82) is 0 Å². The summed E-state index contributed by atoms with van der Waals surface area (Å²) in [4.78, 5) is 25.1. The molecule has 3 aromatic rings. The Morgan fingerprint density at radius 2 is 1.81 bits per heavy atom. The first kappa shape index (κ1) is 22.4. The van der Waals surface area contributed by atoms with Gasteiger partial charge in [0, 0.05) is 11.1 Å². The maximum atomic E-state index is 12.6. The molecule has 0 saturated heterocycles. The number of hydrogen-bond acceptors (Lipinski definition) is 6. The summed E-state index contributed by atoms with van der Waals surface area (Å²) in [6, 6.07) is 9.73. The van der Waals surface area contributed by atoms with E-state index in [0.717, 1.165) is 0 Å². The SMILES string of the molecule is COc1ccc(OC)c(NC(=O)Cn2nnc(C(=O)Nc3cc(Cl)ccc3Cl)c2C)c1. The van der Waals surface area contributed by atoms with Gasteiger partial charge >= 0.3 is 0 Å². The number of halogens is 2. The van der Waals surface area contributed by atoms with Crippen molar-refractivity contribution < 1.29 is 19.1 Å². The van der Waals surface area contributed by atoms with Gasteiger partial charge in [0.1, 0.15) is 18.0 Å². The van der Waals surface area contributed by atoms with Gasteiger partial charge in [-0.2, -0.15) is 0 Å². The largest absolute Gasteiger partial charge is 0.497 e. The number of carbonyl (C=O) groups is 2. The average Bonchev–Trinajstić information content (AvgIpc) is 3.10. The smallest absolute Gasteiger partial charge is 0.278 e. The normalized spacial score (nSPS) is 10.5. The fourth-order valence-electron chi connectivity index (χ4n) is 2.73. The Bertz CT molecular complexity index is 1130. The van der Waals surface area contributed by atoms with Crippen LogP contribution in [0.5, 0.6) is 11.5 Å². The molecule has 3 rings (SSSR count). The molecule has 0 bridgehead atoms. The summed E-state index contributed by atoms with van der Waals surface area (Å²) in [7, 11) is 3.02. The van der Waals surface area contributed by atoms with E-state index in [4.69, 9.17) is 32.7 Å². The highest BCUT2D eigenvalue weighted by atomic mass is 35.5. The number of nitrogens with one attached hydrogen (secondary N) is 2. The number of aromatic nitrogens is 3. The Morgan fingerprint density at radius 1 is 1.03 bits per heavy atom. The van der Waals surface area contributed by atoms with Crippen LogP contribution in [0.4, 0.5) is 11.4 Å². The molecule has 1 aromatic heterocycles. The van der Waals surface area contributed by atoms with Crippen molar-refractivity contribution in [2.75, 3.05) is 24.9 Å². The molecular formula is C20H19Cl2N5O4. The Kier molecular flexibility index (Phi) is 6.98. The minimum atomic E-state index is -0.525. The summed E-state index contributed by atoms with van der Waals surface area (Å²) in [5, 5.41) is 13.9. The third-order valence-corrected chi connectivity index (χ3v) is 4.91. The Hall–Kier alpha value is -3.30. The lowest BCUT2D eigenvalue weighted by Gasteiger charge is -2.12. The Balaban J connectivity index is 1.72. The molecule has 11 heteroatoms. The molecule has 1 heterocycles. The van der Waals surface area contributed by atoms with E-state index in [0.29, 0.717) is 38.6 Å². The maximum Gasteiger partial charge on any atom is 0.278 e. The molecule has 9 nitrogen and oxygen atoms in total. The Morgan fingerprint density at radius 3 is 2.52 bits per heavy atom. The van der Waals surface area contributed by atoms with Crippen molar-refractivity contribution in [1.82, 2.24) is 15.0 Å². The molecule has 0 atom stereocenters. The van der Waals surface area contributed by atoms with E-state index in [2.05, 4.69) is 20.9 Å². The highest BCUT2D eigenvalue weighted by molar-refractivity contribution is 6.35. The van der Waals surface area contributed by atoms with Gasteiger partial charge in [0.05, 0.1) is 36.3 Å². The van der Waals surface area contributed by atoms with Crippen LogP contribution in [0.3, 0.4) is 0 Å². The zero-order valence-electron chi connectivity index (χ0n) is 16.9. The lowest BCUT2D eigenvalue weighted by molar-refractivity contribution is -0.117. The van der Waals surface area contributed by atoms with E-state index in [1.165, 1.54) is 25.0 Å². The van der Waals surface area contributed by atoms with Gasteiger partial charge in [-0.05, 0) is 37.3 Å². The average molecular weight is 464 g/mol. The number of hydrogen-bond donors (Lipinski definition) is 2. The number of rotatable bonds is 7. The number of carbonyl (C=O) groups excluding carboxylic acids is 2. The van der Waals surface area contributed by atoms with Crippen LogP contribution in [0.15, 0.2) is 36.4 Å². The van der Waals surface area contributed by atoms with E-state index in [1.54, 1.807) is 37.3 Å². The molecule has 31 heavy (non-hydrogen) atoms. The number of anilines is 2. The van der Waals surface area contributed by atoms with Crippen molar-refractivity contribution in [3.63, 3.8) is 0 Å². The van der Waals surface area contributed by atoms with Gasteiger partial charge in [-0.25, -0.2) is 4.68 Å². The van der Waals surface area contributed by atoms with E-state index in [9.17, 15) is 9.59 Å². The van der Waals surface area contributed by atoms with E-state index < -0.39 is 5.91 Å². The van der Waals surface area contributed by atoms with E-state index in [1.807, 2.05) is 0 Å². The van der Waals surface area contributed by atoms with Gasteiger partial charge in [0.2, 0.25) is 5.91 Å². The van der Waals surface area contributed by atoms with Crippen LogP contribution in [0.1, 0.15) is 16.2 Å². The van der Waals surface area contributed by atoms with Crippen LogP contribution in [-0.2, 0) is 11.3 Å². The number of ether oxygens (including phenoxy) is 2. The first-order valence-corrected chi connectivity index (χ1v) is 9.76. The molecule has 0 fully saturated rings. The zero-order chi connectivity index (χ0) is 22.5. The van der Waals surface area contributed by atoms with Gasteiger partial charge in [0.15, 0.2) is 5.69 Å². The molecule has 0 aliphatic rings. The fourth-order valence-corrected chi connectivity index (χ4v) is 3.07. The summed E-state index contributed by atoms with van der Waals surface area (Å²) in [5.74, 6) is 0.127. The van der Waals surface area contributed by atoms with Crippen LogP contribution >= 0.6 is 23.2 Å². The highest BCUT2D eigenvalue weighted by Gasteiger charge is 2.19. The second kappa shape index (κ2) is 9.67. The molecule has 0 aliphatic carbocycles. The summed E-state index contributed by atoms with van der Waals surface area (Å²) >= 11 is 12.0. The van der Waals surface area contributed by atoms with Crippen molar-refractivity contribution >= 4 is 46.4 Å². The maximum absolute atomic E-state index is 12.6. The monoisotopic (exact) mass is 463 g/mol. The highest BCUT2D eigenvalue weighted by Crippen LogP contribution is 2.29. The molecular weight excluding hydrogens is 445 g/mol. The second-order valence-corrected chi connectivity index (χ2v) is 7.22. The number of benzene rings is 2. The van der Waals surface area contributed by atoms with Gasteiger partial charge in [0.25, 0.3) is 5.91 Å². The van der Waals surface area contributed by atoms with Crippen molar-refractivity contribution in [3.8, 4) is 11.5 Å². The fraction of sp³-hybridized carbons (Fsp3) is 0.200. The van der Waals surface area contributed by atoms with Crippen molar-refractivity contribution in [2.24, 2.45) is 0 Å². The molecule has 0 radical (unpaired) electrons. The van der Waals surface area contributed by atoms with Crippen LogP contribution < -0.4 is 20.1 Å². The van der Waals surface area contributed by atoms with Crippen LogP contribution in [0.25, 0.3) is 0 Å². The summed E-state index contributed by atoms with van der Waals surface area (Å²) in [5.41, 5.74) is 1.25. The number of nitrogens with zero attached hydrogens (tertiary/aromatic N) is 3. The van der Waals surface area contributed by atoms with Gasteiger partial charge < -0.3 is 20.1 Å². The van der Waals surface area contributed by atoms with Crippen molar-refractivity contribution in [3.05, 3.63) is 57.8 Å². The number of amides is 2. The first-order chi connectivity index (χ1) is 14.8. The number of methoxy groups -OCH3 is 2. The Labute approximate surface area is 188 Å². The van der Waals surface area contributed by atoms with Gasteiger partial charge in [-0.1, -0.05) is 28.4 Å². The predicted octanol–water partition coefficient (Wildman–Crippen LogP) is 3.80. The lowest BCUT2D eigenvalue weighted by atomic mass is 10.2. The molecule has 2 aromatic carbocycles. The summed E-state index contributed by atoms with van der Waals surface area (Å²) in [6.45, 7) is 1.47. The minimum absolute atomic E-state index is 0.0582. The minimum Gasteiger partial charge on any atom is -0.497 e. The molecule has 0 spiro atoms. The van der Waals surface area contributed by atoms with Crippen LogP contribution in [0.2, 0.25) is 10.0 Å². The molecule has 162 valence electrons.